The minimum atomic E-state index is -0.291. The first-order valence-corrected chi connectivity index (χ1v) is 8.10. The van der Waals surface area contributed by atoms with E-state index in [0.29, 0.717) is 18.8 Å². The molecule has 2 N–H and O–H groups in total. The van der Waals surface area contributed by atoms with Crippen molar-refractivity contribution in [2.45, 2.75) is 11.6 Å². The van der Waals surface area contributed by atoms with Crippen LogP contribution in [0.2, 0.25) is 0 Å². The van der Waals surface area contributed by atoms with Crippen molar-refractivity contribution >= 4 is 17.7 Å². The quantitative estimate of drug-likeness (QED) is 0.490. The molecular formula is C14H14FN7OS. The molecule has 124 valence electrons. The highest BCUT2D eigenvalue weighted by Gasteiger charge is 2.10. The Hall–Kier alpha value is -2.75. The van der Waals surface area contributed by atoms with Gasteiger partial charge in [0.25, 0.3) is 5.91 Å². The zero-order chi connectivity index (χ0) is 16.8. The monoisotopic (exact) mass is 347 g/mol. The summed E-state index contributed by atoms with van der Waals surface area (Å²) in [5.41, 5.74) is 1.11. The molecule has 3 aromatic rings. The zero-order valence-electron chi connectivity index (χ0n) is 12.5. The number of H-pyrrole nitrogens is 1. The molecule has 10 heteroatoms. The highest BCUT2D eigenvalue weighted by molar-refractivity contribution is 7.99. The van der Waals surface area contributed by atoms with Gasteiger partial charge in [0, 0.05) is 12.3 Å². The molecular weight excluding hydrogens is 333 g/mol. The van der Waals surface area contributed by atoms with E-state index in [0.717, 1.165) is 10.6 Å². The summed E-state index contributed by atoms with van der Waals surface area (Å²) in [7, 11) is 0. The molecule has 24 heavy (non-hydrogen) atoms. The van der Waals surface area contributed by atoms with Gasteiger partial charge < -0.3 is 5.32 Å². The van der Waals surface area contributed by atoms with Crippen LogP contribution < -0.4 is 5.32 Å². The summed E-state index contributed by atoms with van der Waals surface area (Å²) in [4.78, 5) is 12.0. The SMILES string of the molecule is O=C(NCCSc1cn[nH]n1)c1cn(Cc2ccc(F)cc2)nn1. The molecule has 0 aliphatic carbocycles. The van der Waals surface area contributed by atoms with Crippen molar-refractivity contribution in [2.75, 3.05) is 12.3 Å². The van der Waals surface area contributed by atoms with Gasteiger partial charge in [-0.2, -0.15) is 10.3 Å². The number of carbonyl (C=O) groups is 1. The van der Waals surface area contributed by atoms with Gasteiger partial charge in [0.2, 0.25) is 0 Å². The predicted molar refractivity (Wildman–Crippen MR) is 85.0 cm³/mol. The van der Waals surface area contributed by atoms with Crippen molar-refractivity contribution in [3.63, 3.8) is 0 Å². The average Bonchev–Trinajstić information content (AvgIpc) is 3.25. The molecule has 0 saturated heterocycles. The second kappa shape index (κ2) is 7.68. The number of aromatic amines is 1. The van der Waals surface area contributed by atoms with E-state index in [4.69, 9.17) is 0 Å². The topological polar surface area (TPSA) is 101 Å². The van der Waals surface area contributed by atoms with Crippen LogP contribution >= 0.6 is 11.8 Å². The van der Waals surface area contributed by atoms with E-state index >= 15 is 0 Å². The van der Waals surface area contributed by atoms with Gasteiger partial charge in [0.05, 0.1) is 18.9 Å². The Morgan fingerprint density at radius 2 is 2.17 bits per heavy atom. The standard InChI is InChI=1S/C14H14FN7OS/c15-11-3-1-10(2-4-11)8-22-9-12(18-21-22)14(23)16-5-6-24-13-7-17-20-19-13/h1-4,7,9H,5-6,8H2,(H,16,23)(H,17,19,20). The Bertz CT molecular complexity index is 788. The predicted octanol–water partition coefficient (Wildman–Crippen LogP) is 1.11. The van der Waals surface area contributed by atoms with Crippen molar-refractivity contribution in [3.05, 3.63) is 53.7 Å². The molecule has 0 saturated carbocycles. The van der Waals surface area contributed by atoms with Crippen molar-refractivity contribution in [1.82, 2.24) is 35.7 Å². The first kappa shape index (κ1) is 16.1. The van der Waals surface area contributed by atoms with Gasteiger partial charge in [-0.3, -0.25) is 4.79 Å². The van der Waals surface area contributed by atoms with Gasteiger partial charge in [0.1, 0.15) is 10.8 Å². The zero-order valence-corrected chi connectivity index (χ0v) is 13.3. The molecule has 0 spiro atoms. The highest BCUT2D eigenvalue weighted by atomic mass is 32.2. The van der Waals surface area contributed by atoms with Crippen LogP contribution in [0.1, 0.15) is 16.1 Å². The fourth-order valence-electron chi connectivity index (χ4n) is 1.93. The van der Waals surface area contributed by atoms with Crippen LogP contribution in [0.25, 0.3) is 0 Å². The van der Waals surface area contributed by atoms with E-state index in [2.05, 4.69) is 31.0 Å². The number of aromatic nitrogens is 6. The van der Waals surface area contributed by atoms with E-state index in [1.807, 2.05) is 0 Å². The number of carbonyl (C=O) groups excluding carboxylic acids is 1. The average molecular weight is 347 g/mol. The molecule has 3 rings (SSSR count). The summed E-state index contributed by atoms with van der Waals surface area (Å²) >= 11 is 1.48. The lowest BCUT2D eigenvalue weighted by molar-refractivity contribution is 0.0951. The number of benzene rings is 1. The summed E-state index contributed by atoms with van der Waals surface area (Å²) in [6, 6.07) is 6.09. The van der Waals surface area contributed by atoms with Crippen molar-refractivity contribution in [2.24, 2.45) is 0 Å². The van der Waals surface area contributed by atoms with Crippen LogP contribution in [0, 0.1) is 5.82 Å². The molecule has 1 aromatic carbocycles. The maximum Gasteiger partial charge on any atom is 0.273 e. The smallest absolute Gasteiger partial charge is 0.273 e. The lowest BCUT2D eigenvalue weighted by Gasteiger charge is -2.01. The van der Waals surface area contributed by atoms with E-state index in [9.17, 15) is 9.18 Å². The number of nitrogens with zero attached hydrogens (tertiary/aromatic N) is 5. The van der Waals surface area contributed by atoms with E-state index in [1.54, 1.807) is 24.5 Å². The molecule has 2 heterocycles. The summed E-state index contributed by atoms with van der Waals surface area (Å²) in [6.45, 7) is 0.893. The number of amides is 1. The van der Waals surface area contributed by atoms with Crippen LogP contribution in [-0.4, -0.2) is 48.6 Å². The first-order chi connectivity index (χ1) is 11.7. The molecule has 0 unspecified atom stereocenters. The molecule has 8 nitrogen and oxygen atoms in total. The fraction of sp³-hybridized carbons (Fsp3) is 0.214. The van der Waals surface area contributed by atoms with Gasteiger partial charge in [-0.05, 0) is 17.7 Å². The van der Waals surface area contributed by atoms with Crippen LogP contribution in [0.3, 0.4) is 0 Å². The number of halogens is 1. The molecule has 0 aliphatic rings. The molecule has 0 fully saturated rings. The molecule has 0 atom stereocenters. The summed E-state index contributed by atoms with van der Waals surface area (Å²) in [6.07, 6.45) is 3.18. The van der Waals surface area contributed by atoms with Gasteiger partial charge >= 0.3 is 0 Å². The van der Waals surface area contributed by atoms with Gasteiger partial charge in [0.15, 0.2) is 5.69 Å². The lowest BCUT2D eigenvalue weighted by Crippen LogP contribution is -2.26. The second-order valence-electron chi connectivity index (χ2n) is 4.84. The minimum absolute atomic E-state index is 0.239. The van der Waals surface area contributed by atoms with E-state index in [1.165, 1.54) is 28.6 Å². The van der Waals surface area contributed by atoms with Crippen LogP contribution in [0.15, 0.2) is 41.7 Å². The maximum absolute atomic E-state index is 12.9. The van der Waals surface area contributed by atoms with Crippen molar-refractivity contribution in [1.29, 1.82) is 0 Å². The number of rotatable bonds is 7. The van der Waals surface area contributed by atoms with Gasteiger partial charge in [-0.15, -0.1) is 22.0 Å². The van der Waals surface area contributed by atoms with Crippen molar-refractivity contribution < 1.29 is 9.18 Å². The molecule has 0 aliphatic heterocycles. The molecule has 0 radical (unpaired) electrons. The third kappa shape index (κ3) is 4.38. The third-order valence-corrected chi connectivity index (χ3v) is 3.96. The number of nitrogens with one attached hydrogen (secondary N) is 2. The Kier molecular flexibility index (Phi) is 5.16. The first-order valence-electron chi connectivity index (χ1n) is 7.12. The normalized spacial score (nSPS) is 10.7. The van der Waals surface area contributed by atoms with Gasteiger partial charge in [-0.1, -0.05) is 17.3 Å². The molecule has 2 aromatic heterocycles. The lowest BCUT2D eigenvalue weighted by atomic mass is 10.2. The number of thioether (sulfide) groups is 1. The van der Waals surface area contributed by atoms with Crippen LogP contribution in [0.4, 0.5) is 4.39 Å². The second-order valence-corrected chi connectivity index (χ2v) is 5.96. The summed E-state index contributed by atoms with van der Waals surface area (Å²) < 4.78 is 14.4. The van der Waals surface area contributed by atoms with Crippen LogP contribution in [-0.2, 0) is 6.54 Å². The molecule has 1 amide bonds. The third-order valence-electron chi connectivity index (χ3n) is 3.06. The molecule has 0 bridgehead atoms. The van der Waals surface area contributed by atoms with Crippen LogP contribution in [0.5, 0.6) is 0 Å². The summed E-state index contributed by atoms with van der Waals surface area (Å²) in [5.74, 6) is 0.0872. The van der Waals surface area contributed by atoms with E-state index < -0.39 is 0 Å². The van der Waals surface area contributed by atoms with Gasteiger partial charge in [-0.25, -0.2) is 9.07 Å². The minimum Gasteiger partial charge on any atom is -0.350 e. The van der Waals surface area contributed by atoms with Crippen molar-refractivity contribution in [3.8, 4) is 0 Å². The number of hydrogen-bond donors (Lipinski definition) is 2. The number of hydrogen-bond acceptors (Lipinski definition) is 6. The summed E-state index contributed by atoms with van der Waals surface area (Å²) in [5, 5.41) is 21.4. The highest BCUT2D eigenvalue weighted by Crippen LogP contribution is 2.11. The Labute approximate surface area is 140 Å². The Morgan fingerprint density at radius 3 is 2.92 bits per heavy atom. The largest absolute Gasteiger partial charge is 0.350 e. The maximum atomic E-state index is 12.9. The Balaban J connectivity index is 1.47. The fourth-order valence-corrected chi connectivity index (χ4v) is 2.57. The van der Waals surface area contributed by atoms with E-state index in [-0.39, 0.29) is 17.4 Å². The Morgan fingerprint density at radius 1 is 1.33 bits per heavy atom.